The molecule has 0 spiro atoms. The SMILES string of the molecule is COCc1ccccc1C(=O)N1CCC(N2CCCC2)C1. The van der Waals surface area contributed by atoms with Gasteiger partial charge in [0.2, 0.25) is 0 Å². The average Bonchev–Trinajstić information content (AvgIpc) is 3.18. The van der Waals surface area contributed by atoms with Crippen molar-refractivity contribution in [1.82, 2.24) is 9.80 Å². The quantitative estimate of drug-likeness (QED) is 0.851. The zero-order valence-electron chi connectivity index (χ0n) is 12.8. The molecule has 0 radical (unpaired) electrons. The molecule has 0 N–H and O–H groups in total. The number of hydrogen-bond acceptors (Lipinski definition) is 3. The molecule has 2 aliphatic rings. The predicted octanol–water partition coefficient (Wildman–Crippen LogP) is 2.14. The van der Waals surface area contributed by atoms with Crippen LogP contribution in [0.3, 0.4) is 0 Å². The maximum absolute atomic E-state index is 12.8. The molecule has 4 nitrogen and oxygen atoms in total. The van der Waals surface area contributed by atoms with E-state index in [9.17, 15) is 4.79 Å². The maximum Gasteiger partial charge on any atom is 0.254 e. The molecular formula is C17H24N2O2. The molecule has 4 heteroatoms. The maximum atomic E-state index is 12.8. The highest BCUT2D eigenvalue weighted by Crippen LogP contribution is 2.23. The standard InChI is InChI=1S/C17H24N2O2/c1-21-13-14-6-2-3-7-16(14)17(20)19-11-8-15(12-19)18-9-4-5-10-18/h2-3,6-7,15H,4-5,8-13H2,1H3. The molecule has 3 rings (SSSR count). The van der Waals surface area contributed by atoms with Gasteiger partial charge in [-0.2, -0.15) is 0 Å². The summed E-state index contributed by atoms with van der Waals surface area (Å²) in [6, 6.07) is 8.35. The normalized spacial score (nSPS) is 22.9. The monoisotopic (exact) mass is 288 g/mol. The van der Waals surface area contributed by atoms with Crippen molar-refractivity contribution >= 4 is 5.91 Å². The fourth-order valence-electron chi connectivity index (χ4n) is 3.51. The summed E-state index contributed by atoms with van der Waals surface area (Å²) in [5.74, 6) is 0.157. The zero-order chi connectivity index (χ0) is 14.7. The van der Waals surface area contributed by atoms with Crippen molar-refractivity contribution in [3.63, 3.8) is 0 Å². The van der Waals surface area contributed by atoms with Crippen molar-refractivity contribution in [2.24, 2.45) is 0 Å². The Morgan fingerprint density at radius 2 is 2.00 bits per heavy atom. The lowest BCUT2D eigenvalue weighted by molar-refractivity contribution is 0.0775. The molecule has 2 aliphatic heterocycles. The molecule has 0 aromatic heterocycles. The van der Waals surface area contributed by atoms with E-state index in [1.165, 1.54) is 25.9 Å². The van der Waals surface area contributed by atoms with Crippen LogP contribution in [0.1, 0.15) is 35.2 Å². The summed E-state index contributed by atoms with van der Waals surface area (Å²) in [4.78, 5) is 17.3. The summed E-state index contributed by atoms with van der Waals surface area (Å²) in [5, 5.41) is 0. The van der Waals surface area contributed by atoms with E-state index in [0.29, 0.717) is 12.6 Å². The van der Waals surface area contributed by atoms with Crippen LogP contribution in [-0.2, 0) is 11.3 Å². The van der Waals surface area contributed by atoms with Crippen molar-refractivity contribution in [3.05, 3.63) is 35.4 Å². The second-order valence-electron chi connectivity index (χ2n) is 6.03. The molecule has 0 saturated carbocycles. The topological polar surface area (TPSA) is 32.8 Å². The van der Waals surface area contributed by atoms with Gasteiger partial charge in [-0.3, -0.25) is 9.69 Å². The lowest BCUT2D eigenvalue weighted by Crippen LogP contribution is -2.37. The van der Waals surface area contributed by atoms with Crippen LogP contribution >= 0.6 is 0 Å². The van der Waals surface area contributed by atoms with Crippen molar-refractivity contribution in [1.29, 1.82) is 0 Å². The van der Waals surface area contributed by atoms with Gasteiger partial charge in [0.25, 0.3) is 5.91 Å². The highest BCUT2D eigenvalue weighted by molar-refractivity contribution is 5.95. The van der Waals surface area contributed by atoms with Crippen molar-refractivity contribution in [2.75, 3.05) is 33.3 Å². The first kappa shape index (κ1) is 14.5. The Kier molecular flexibility index (Phi) is 4.56. The largest absolute Gasteiger partial charge is 0.380 e. The predicted molar refractivity (Wildman–Crippen MR) is 82.3 cm³/mol. The highest BCUT2D eigenvalue weighted by Gasteiger charge is 2.32. The molecule has 2 heterocycles. The molecule has 2 saturated heterocycles. The minimum absolute atomic E-state index is 0.157. The van der Waals surface area contributed by atoms with Gasteiger partial charge < -0.3 is 9.64 Å². The van der Waals surface area contributed by atoms with Crippen molar-refractivity contribution < 1.29 is 9.53 Å². The van der Waals surface area contributed by atoms with E-state index in [-0.39, 0.29) is 5.91 Å². The summed E-state index contributed by atoms with van der Waals surface area (Å²) >= 11 is 0. The fourth-order valence-corrected chi connectivity index (χ4v) is 3.51. The van der Waals surface area contributed by atoms with Crippen LogP contribution < -0.4 is 0 Å². The first-order valence-corrected chi connectivity index (χ1v) is 7.90. The smallest absolute Gasteiger partial charge is 0.254 e. The van der Waals surface area contributed by atoms with Gasteiger partial charge in [-0.25, -0.2) is 0 Å². The Morgan fingerprint density at radius 1 is 1.24 bits per heavy atom. The van der Waals surface area contributed by atoms with Gasteiger partial charge in [0.05, 0.1) is 6.61 Å². The Balaban J connectivity index is 1.68. The lowest BCUT2D eigenvalue weighted by atomic mass is 10.1. The number of ether oxygens (including phenoxy) is 1. The fraction of sp³-hybridized carbons (Fsp3) is 0.588. The molecule has 1 aromatic rings. The number of methoxy groups -OCH3 is 1. The number of hydrogen-bond donors (Lipinski definition) is 0. The van der Waals surface area contributed by atoms with E-state index in [1.54, 1.807) is 7.11 Å². The molecular weight excluding hydrogens is 264 g/mol. The number of benzene rings is 1. The molecule has 1 unspecified atom stereocenters. The molecule has 0 bridgehead atoms. The van der Waals surface area contributed by atoms with Crippen LogP contribution in [0.5, 0.6) is 0 Å². The molecule has 2 fully saturated rings. The van der Waals surface area contributed by atoms with Gasteiger partial charge in [-0.05, 0) is 44.0 Å². The molecule has 0 aliphatic carbocycles. The second kappa shape index (κ2) is 6.58. The Labute approximate surface area is 126 Å². The Bertz CT molecular complexity index is 497. The van der Waals surface area contributed by atoms with Gasteiger partial charge in [0.15, 0.2) is 0 Å². The van der Waals surface area contributed by atoms with E-state index >= 15 is 0 Å². The van der Waals surface area contributed by atoms with Crippen LogP contribution in [0, 0.1) is 0 Å². The van der Waals surface area contributed by atoms with E-state index in [2.05, 4.69) is 4.90 Å². The van der Waals surface area contributed by atoms with Crippen LogP contribution in [0.15, 0.2) is 24.3 Å². The number of carbonyl (C=O) groups is 1. The zero-order valence-corrected chi connectivity index (χ0v) is 12.8. The van der Waals surface area contributed by atoms with Crippen molar-refractivity contribution in [3.8, 4) is 0 Å². The van der Waals surface area contributed by atoms with Gasteiger partial charge in [-0.1, -0.05) is 18.2 Å². The molecule has 114 valence electrons. The minimum atomic E-state index is 0.157. The highest BCUT2D eigenvalue weighted by atomic mass is 16.5. The molecule has 1 amide bonds. The first-order chi connectivity index (χ1) is 10.3. The second-order valence-corrected chi connectivity index (χ2v) is 6.03. The lowest BCUT2D eigenvalue weighted by Gasteiger charge is -2.24. The van der Waals surface area contributed by atoms with E-state index < -0.39 is 0 Å². The molecule has 1 atom stereocenters. The molecule has 1 aromatic carbocycles. The summed E-state index contributed by atoms with van der Waals surface area (Å²) in [7, 11) is 1.67. The van der Waals surface area contributed by atoms with E-state index in [1.807, 2.05) is 29.2 Å². The van der Waals surface area contributed by atoms with Crippen LogP contribution in [-0.4, -0.2) is 55.0 Å². The number of rotatable bonds is 4. The first-order valence-electron chi connectivity index (χ1n) is 7.90. The average molecular weight is 288 g/mol. The summed E-state index contributed by atoms with van der Waals surface area (Å²) in [5.41, 5.74) is 1.77. The van der Waals surface area contributed by atoms with Gasteiger partial charge in [0, 0.05) is 31.8 Å². The Hall–Kier alpha value is -1.39. The van der Waals surface area contributed by atoms with Crippen LogP contribution in [0.4, 0.5) is 0 Å². The van der Waals surface area contributed by atoms with Gasteiger partial charge >= 0.3 is 0 Å². The number of amides is 1. The number of nitrogens with zero attached hydrogens (tertiary/aromatic N) is 2. The van der Waals surface area contributed by atoms with Gasteiger partial charge in [0.1, 0.15) is 0 Å². The summed E-state index contributed by atoms with van der Waals surface area (Å²) in [6.45, 7) is 4.65. The van der Waals surface area contributed by atoms with Crippen molar-refractivity contribution in [2.45, 2.75) is 31.9 Å². The summed E-state index contributed by atoms with van der Waals surface area (Å²) in [6.07, 6.45) is 3.72. The molecule has 21 heavy (non-hydrogen) atoms. The van der Waals surface area contributed by atoms with E-state index in [0.717, 1.165) is 30.6 Å². The van der Waals surface area contributed by atoms with Crippen LogP contribution in [0.2, 0.25) is 0 Å². The third-order valence-corrected chi connectivity index (χ3v) is 4.66. The Morgan fingerprint density at radius 3 is 2.76 bits per heavy atom. The number of likely N-dealkylation sites (tertiary alicyclic amines) is 2. The van der Waals surface area contributed by atoms with Crippen LogP contribution in [0.25, 0.3) is 0 Å². The third-order valence-electron chi connectivity index (χ3n) is 4.66. The minimum Gasteiger partial charge on any atom is -0.380 e. The van der Waals surface area contributed by atoms with Gasteiger partial charge in [-0.15, -0.1) is 0 Å². The summed E-state index contributed by atoms with van der Waals surface area (Å²) < 4.78 is 5.20. The third kappa shape index (κ3) is 3.11. The van der Waals surface area contributed by atoms with E-state index in [4.69, 9.17) is 4.74 Å². The number of carbonyl (C=O) groups excluding carboxylic acids is 1.